The number of thiocarbonyl (C=S) groups is 1. The summed E-state index contributed by atoms with van der Waals surface area (Å²) >= 11 is 5.03. The molecule has 0 spiro atoms. The van der Waals surface area contributed by atoms with Gasteiger partial charge in [0, 0.05) is 12.2 Å². The van der Waals surface area contributed by atoms with Crippen LogP contribution in [0.1, 0.15) is 22.8 Å². The predicted molar refractivity (Wildman–Crippen MR) is 116 cm³/mol. The molecule has 8 nitrogen and oxygen atoms in total. The van der Waals surface area contributed by atoms with Gasteiger partial charge in [-0.05, 0) is 55.9 Å². The average Bonchev–Trinajstić information content (AvgIpc) is 2.75. The van der Waals surface area contributed by atoms with Crippen molar-refractivity contribution in [1.29, 1.82) is 0 Å². The summed E-state index contributed by atoms with van der Waals surface area (Å²) in [5.41, 5.74) is 6.13. The van der Waals surface area contributed by atoms with Crippen LogP contribution >= 0.6 is 12.2 Å². The minimum atomic E-state index is -0.445. The van der Waals surface area contributed by atoms with Crippen molar-refractivity contribution < 1.29 is 23.8 Å². The lowest BCUT2D eigenvalue weighted by molar-refractivity contribution is -0.123. The molecule has 2 amide bonds. The molecule has 0 bridgehead atoms. The number of carbonyl (C=O) groups excluding carboxylic acids is 2. The van der Waals surface area contributed by atoms with Crippen LogP contribution in [0.4, 0.5) is 0 Å². The summed E-state index contributed by atoms with van der Waals surface area (Å²) in [6.07, 6.45) is 0. The molecule has 0 fully saturated rings. The number of amides is 2. The minimum absolute atomic E-state index is 0.0492. The monoisotopic (exact) mass is 431 g/mol. The standard InChI is InChI=1S/C21H25N3O5S/c1-3-27-11-12-28-17-9-6-8-16(13-17)20(26)22-21(30)24-23-19(25)14-29-18-10-5-4-7-15(18)2/h4-10,13H,3,11-12,14H2,1-2H3,(H,23,25)(H2,22,24,26,30). The maximum Gasteiger partial charge on any atom is 0.276 e. The summed E-state index contributed by atoms with van der Waals surface area (Å²) in [6, 6.07) is 14.0. The SMILES string of the molecule is CCOCCOc1cccc(C(=O)NC(=S)NNC(=O)COc2ccccc2C)c1. The summed E-state index contributed by atoms with van der Waals surface area (Å²) in [4.78, 5) is 24.2. The largest absolute Gasteiger partial charge is 0.491 e. The Balaban J connectivity index is 1.74. The van der Waals surface area contributed by atoms with Crippen LogP contribution < -0.4 is 25.6 Å². The Morgan fingerprint density at radius 3 is 2.57 bits per heavy atom. The van der Waals surface area contributed by atoms with E-state index in [2.05, 4.69) is 16.2 Å². The normalized spacial score (nSPS) is 10.1. The minimum Gasteiger partial charge on any atom is -0.491 e. The van der Waals surface area contributed by atoms with Gasteiger partial charge >= 0.3 is 0 Å². The van der Waals surface area contributed by atoms with Crippen LogP contribution in [0.15, 0.2) is 48.5 Å². The summed E-state index contributed by atoms with van der Waals surface area (Å²) in [5, 5.41) is 2.43. The van der Waals surface area contributed by atoms with Crippen molar-refractivity contribution in [1.82, 2.24) is 16.2 Å². The molecule has 0 saturated carbocycles. The fourth-order valence-electron chi connectivity index (χ4n) is 2.32. The van der Waals surface area contributed by atoms with Crippen LogP contribution in [0, 0.1) is 6.92 Å². The molecule has 0 radical (unpaired) electrons. The lowest BCUT2D eigenvalue weighted by Gasteiger charge is -2.12. The summed E-state index contributed by atoms with van der Waals surface area (Å²) in [7, 11) is 0. The Hall–Kier alpha value is -3.17. The maximum absolute atomic E-state index is 12.3. The smallest absolute Gasteiger partial charge is 0.276 e. The molecule has 0 aliphatic rings. The van der Waals surface area contributed by atoms with Gasteiger partial charge in [0.25, 0.3) is 11.8 Å². The van der Waals surface area contributed by atoms with Crippen molar-refractivity contribution >= 4 is 29.1 Å². The van der Waals surface area contributed by atoms with Gasteiger partial charge in [-0.2, -0.15) is 0 Å². The Labute approximate surface area is 180 Å². The zero-order valence-corrected chi connectivity index (χ0v) is 17.7. The van der Waals surface area contributed by atoms with Crippen molar-refractivity contribution in [2.45, 2.75) is 13.8 Å². The second kappa shape index (κ2) is 12.4. The lowest BCUT2D eigenvalue weighted by atomic mass is 10.2. The zero-order valence-electron chi connectivity index (χ0n) is 16.9. The van der Waals surface area contributed by atoms with E-state index in [1.165, 1.54) is 0 Å². The molecule has 0 atom stereocenters. The molecule has 0 aliphatic heterocycles. The first kappa shape index (κ1) is 23.1. The third-order valence-electron chi connectivity index (χ3n) is 3.79. The number of nitrogens with one attached hydrogen (secondary N) is 3. The molecule has 0 aliphatic carbocycles. The van der Waals surface area contributed by atoms with Crippen LogP contribution in [0.3, 0.4) is 0 Å². The molecule has 0 saturated heterocycles. The highest BCUT2D eigenvalue weighted by Crippen LogP contribution is 2.15. The molecular formula is C21H25N3O5S. The van der Waals surface area contributed by atoms with Crippen LogP contribution in [0.2, 0.25) is 0 Å². The van der Waals surface area contributed by atoms with Gasteiger partial charge in [-0.3, -0.25) is 25.8 Å². The highest BCUT2D eigenvalue weighted by Gasteiger charge is 2.10. The van der Waals surface area contributed by atoms with Crippen molar-refractivity contribution in [3.05, 3.63) is 59.7 Å². The van der Waals surface area contributed by atoms with Gasteiger partial charge in [0.1, 0.15) is 18.1 Å². The van der Waals surface area contributed by atoms with E-state index in [1.807, 2.05) is 32.0 Å². The molecule has 0 unspecified atom stereocenters. The van der Waals surface area contributed by atoms with Gasteiger partial charge < -0.3 is 14.2 Å². The number of carbonyl (C=O) groups is 2. The van der Waals surface area contributed by atoms with Crippen molar-refractivity contribution in [2.24, 2.45) is 0 Å². The van der Waals surface area contributed by atoms with E-state index < -0.39 is 11.8 Å². The molecular weight excluding hydrogens is 406 g/mol. The van der Waals surface area contributed by atoms with E-state index in [0.29, 0.717) is 36.9 Å². The third-order valence-corrected chi connectivity index (χ3v) is 4.00. The Morgan fingerprint density at radius 1 is 1.00 bits per heavy atom. The van der Waals surface area contributed by atoms with Gasteiger partial charge in [-0.25, -0.2) is 0 Å². The Morgan fingerprint density at radius 2 is 1.80 bits per heavy atom. The van der Waals surface area contributed by atoms with Gasteiger partial charge in [-0.15, -0.1) is 0 Å². The van der Waals surface area contributed by atoms with Gasteiger partial charge in [-0.1, -0.05) is 24.3 Å². The summed E-state index contributed by atoms with van der Waals surface area (Å²) < 4.78 is 16.2. The van der Waals surface area contributed by atoms with Crippen LogP contribution in [-0.2, 0) is 9.53 Å². The van der Waals surface area contributed by atoms with Crippen LogP contribution in [0.5, 0.6) is 11.5 Å². The number of benzene rings is 2. The second-order valence-electron chi connectivity index (χ2n) is 6.08. The molecule has 0 heterocycles. The van der Waals surface area contributed by atoms with Crippen molar-refractivity contribution in [2.75, 3.05) is 26.4 Å². The van der Waals surface area contributed by atoms with Crippen molar-refractivity contribution in [3.8, 4) is 11.5 Å². The lowest BCUT2D eigenvalue weighted by Crippen LogP contribution is -2.49. The van der Waals surface area contributed by atoms with Crippen molar-refractivity contribution in [3.63, 3.8) is 0 Å². The number of para-hydroxylation sites is 1. The van der Waals surface area contributed by atoms with E-state index >= 15 is 0 Å². The van der Waals surface area contributed by atoms with Crippen LogP contribution in [-0.4, -0.2) is 43.4 Å². The zero-order chi connectivity index (χ0) is 21.8. The van der Waals surface area contributed by atoms with Crippen LogP contribution in [0.25, 0.3) is 0 Å². The van der Waals surface area contributed by atoms with E-state index in [-0.39, 0.29) is 11.7 Å². The number of aryl methyl sites for hydroxylation is 1. The highest BCUT2D eigenvalue weighted by atomic mass is 32.1. The Kier molecular flexibility index (Phi) is 9.56. The molecule has 2 aromatic rings. The average molecular weight is 432 g/mol. The van der Waals surface area contributed by atoms with Gasteiger partial charge in [0.2, 0.25) is 0 Å². The first-order chi connectivity index (χ1) is 14.5. The molecule has 9 heteroatoms. The van der Waals surface area contributed by atoms with Gasteiger partial charge in [0.05, 0.1) is 6.61 Å². The molecule has 2 rings (SSSR count). The molecule has 30 heavy (non-hydrogen) atoms. The quantitative estimate of drug-likeness (QED) is 0.318. The molecule has 2 aromatic carbocycles. The fourth-order valence-corrected chi connectivity index (χ4v) is 2.46. The summed E-state index contributed by atoms with van der Waals surface area (Å²) in [6.45, 7) is 5.06. The number of hydrazine groups is 1. The molecule has 3 N–H and O–H groups in total. The fraction of sp³-hybridized carbons (Fsp3) is 0.286. The topological polar surface area (TPSA) is 97.9 Å². The van der Waals surface area contributed by atoms with E-state index in [0.717, 1.165) is 5.56 Å². The first-order valence-corrected chi connectivity index (χ1v) is 9.79. The van der Waals surface area contributed by atoms with E-state index in [4.69, 9.17) is 26.4 Å². The first-order valence-electron chi connectivity index (χ1n) is 9.38. The number of rotatable bonds is 9. The summed E-state index contributed by atoms with van der Waals surface area (Å²) in [5.74, 6) is 0.280. The third kappa shape index (κ3) is 8.06. The molecule has 0 aromatic heterocycles. The van der Waals surface area contributed by atoms with Gasteiger partial charge in [0.15, 0.2) is 11.7 Å². The molecule has 160 valence electrons. The number of ether oxygens (including phenoxy) is 3. The van der Waals surface area contributed by atoms with E-state index in [1.54, 1.807) is 30.3 Å². The number of hydrogen-bond donors (Lipinski definition) is 3. The number of hydrogen-bond acceptors (Lipinski definition) is 6. The predicted octanol–water partition coefficient (Wildman–Crippen LogP) is 2.12. The second-order valence-corrected chi connectivity index (χ2v) is 6.49. The maximum atomic E-state index is 12.3. The Bertz CT molecular complexity index is 875. The van der Waals surface area contributed by atoms with E-state index in [9.17, 15) is 9.59 Å². The highest BCUT2D eigenvalue weighted by molar-refractivity contribution is 7.80.